The molecular weight excluding hydrogens is 420 g/mol. The molecule has 0 radical (unpaired) electrons. The van der Waals surface area contributed by atoms with Gasteiger partial charge in [-0.05, 0) is 43.2 Å². The number of carbonyl (C=O) groups is 2. The highest BCUT2D eigenvalue weighted by Crippen LogP contribution is 2.31. The van der Waals surface area contributed by atoms with Gasteiger partial charge in [0.1, 0.15) is 5.75 Å². The van der Waals surface area contributed by atoms with E-state index in [4.69, 9.17) is 9.47 Å². The van der Waals surface area contributed by atoms with Gasteiger partial charge < -0.3 is 29.9 Å². The third-order valence-corrected chi connectivity index (χ3v) is 6.12. The van der Waals surface area contributed by atoms with Crippen LogP contribution in [0.1, 0.15) is 30.1 Å². The van der Waals surface area contributed by atoms with E-state index in [2.05, 4.69) is 26.5 Å². The minimum atomic E-state index is -0.168. The molecule has 2 aromatic carbocycles. The van der Waals surface area contributed by atoms with Crippen LogP contribution in [0.4, 0.5) is 17.1 Å². The van der Waals surface area contributed by atoms with E-state index in [0.717, 1.165) is 62.8 Å². The standard InChI is InChI=1S/C25H32N4O4/c1-18(30)27-19-9-10-22(21(16-19)25(31)26-17-20-6-5-15-33-20)28-11-13-29(14-12-28)23-7-3-4-8-24(23)32-2/h3-4,7-10,16,20H,5-6,11-15,17H2,1-2H3,(H,26,31)(H,27,30). The number of rotatable bonds is 7. The average molecular weight is 453 g/mol. The monoisotopic (exact) mass is 452 g/mol. The summed E-state index contributed by atoms with van der Waals surface area (Å²) >= 11 is 0. The van der Waals surface area contributed by atoms with Crippen molar-refractivity contribution in [1.29, 1.82) is 0 Å². The lowest BCUT2D eigenvalue weighted by molar-refractivity contribution is -0.114. The third kappa shape index (κ3) is 5.57. The predicted octanol–water partition coefficient (Wildman–Crippen LogP) is 2.89. The van der Waals surface area contributed by atoms with Crippen LogP contribution in [0.2, 0.25) is 0 Å². The van der Waals surface area contributed by atoms with Crippen molar-refractivity contribution >= 4 is 28.9 Å². The highest BCUT2D eigenvalue weighted by Gasteiger charge is 2.24. The summed E-state index contributed by atoms with van der Waals surface area (Å²) in [5.74, 6) is 0.540. The second-order valence-electron chi connectivity index (χ2n) is 8.40. The fourth-order valence-corrected chi connectivity index (χ4v) is 4.46. The van der Waals surface area contributed by atoms with Crippen LogP contribution in [0.25, 0.3) is 0 Å². The molecule has 2 fully saturated rings. The Balaban J connectivity index is 1.50. The Morgan fingerprint density at radius 1 is 1.06 bits per heavy atom. The molecule has 2 heterocycles. The van der Waals surface area contributed by atoms with Crippen LogP contribution in [0, 0.1) is 0 Å². The maximum atomic E-state index is 13.1. The lowest BCUT2D eigenvalue weighted by atomic mass is 10.1. The van der Waals surface area contributed by atoms with Crippen molar-refractivity contribution in [1.82, 2.24) is 5.32 Å². The first kappa shape index (κ1) is 22.9. The van der Waals surface area contributed by atoms with E-state index in [-0.39, 0.29) is 17.9 Å². The fourth-order valence-electron chi connectivity index (χ4n) is 4.46. The number of benzene rings is 2. The molecule has 0 saturated carbocycles. The molecule has 0 aromatic heterocycles. The van der Waals surface area contributed by atoms with Crippen molar-refractivity contribution in [2.24, 2.45) is 0 Å². The number of piperazine rings is 1. The topological polar surface area (TPSA) is 83.1 Å². The van der Waals surface area contributed by atoms with E-state index in [1.54, 1.807) is 13.2 Å². The van der Waals surface area contributed by atoms with E-state index in [0.29, 0.717) is 17.8 Å². The molecule has 2 aromatic rings. The number of ether oxygens (including phenoxy) is 2. The molecule has 0 aliphatic carbocycles. The van der Waals surface area contributed by atoms with Gasteiger partial charge in [-0.2, -0.15) is 0 Å². The summed E-state index contributed by atoms with van der Waals surface area (Å²) in [4.78, 5) is 29.2. The average Bonchev–Trinajstić information content (AvgIpc) is 3.36. The minimum Gasteiger partial charge on any atom is -0.495 e. The van der Waals surface area contributed by atoms with Crippen LogP contribution in [0.3, 0.4) is 0 Å². The zero-order valence-electron chi connectivity index (χ0n) is 19.3. The fraction of sp³-hybridized carbons (Fsp3) is 0.440. The van der Waals surface area contributed by atoms with E-state index < -0.39 is 0 Å². The number of para-hydroxylation sites is 2. The van der Waals surface area contributed by atoms with E-state index in [1.165, 1.54) is 6.92 Å². The second-order valence-corrected chi connectivity index (χ2v) is 8.40. The molecule has 2 aliphatic rings. The van der Waals surface area contributed by atoms with E-state index in [9.17, 15) is 9.59 Å². The lowest BCUT2D eigenvalue weighted by Gasteiger charge is -2.38. The number of nitrogens with zero attached hydrogens (tertiary/aromatic N) is 2. The molecule has 1 unspecified atom stereocenters. The van der Waals surface area contributed by atoms with Gasteiger partial charge in [-0.15, -0.1) is 0 Å². The van der Waals surface area contributed by atoms with Crippen molar-refractivity contribution in [3.63, 3.8) is 0 Å². The number of carbonyl (C=O) groups excluding carboxylic acids is 2. The van der Waals surface area contributed by atoms with Gasteiger partial charge >= 0.3 is 0 Å². The highest BCUT2D eigenvalue weighted by molar-refractivity contribution is 6.02. The summed E-state index contributed by atoms with van der Waals surface area (Å²) < 4.78 is 11.2. The quantitative estimate of drug-likeness (QED) is 0.672. The molecule has 2 aliphatic heterocycles. The van der Waals surface area contributed by atoms with Crippen LogP contribution in [0.5, 0.6) is 5.75 Å². The first-order valence-corrected chi connectivity index (χ1v) is 11.5. The van der Waals surface area contributed by atoms with Crippen molar-refractivity contribution in [2.45, 2.75) is 25.9 Å². The van der Waals surface area contributed by atoms with Crippen LogP contribution in [0.15, 0.2) is 42.5 Å². The highest BCUT2D eigenvalue weighted by atomic mass is 16.5. The lowest BCUT2D eigenvalue weighted by Crippen LogP contribution is -2.47. The summed E-state index contributed by atoms with van der Waals surface area (Å²) in [6.07, 6.45) is 2.06. The van der Waals surface area contributed by atoms with Crippen LogP contribution in [-0.4, -0.2) is 64.4 Å². The molecule has 4 rings (SSSR count). The Kier molecular flexibility index (Phi) is 7.34. The summed E-state index contributed by atoms with van der Waals surface area (Å²) in [7, 11) is 1.69. The molecule has 33 heavy (non-hydrogen) atoms. The van der Waals surface area contributed by atoms with Gasteiger partial charge in [0, 0.05) is 57.6 Å². The van der Waals surface area contributed by atoms with Crippen molar-refractivity contribution < 1.29 is 19.1 Å². The molecule has 8 heteroatoms. The SMILES string of the molecule is COc1ccccc1N1CCN(c2ccc(NC(C)=O)cc2C(=O)NCC2CCCO2)CC1. The van der Waals surface area contributed by atoms with Gasteiger partial charge in [0.25, 0.3) is 5.91 Å². The summed E-state index contributed by atoms with van der Waals surface area (Å²) in [5, 5.41) is 5.80. The smallest absolute Gasteiger partial charge is 0.253 e. The van der Waals surface area contributed by atoms with Crippen LogP contribution < -0.4 is 25.2 Å². The first-order valence-electron chi connectivity index (χ1n) is 11.5. The third-order valence-electron chi connectivity index (χ3n) is 6.12. The van der Waals surface area contributed by atoms with E-state index >= 15 is 0 Å². The van der Waals surface area contributed by atoms with Crippen LogP contribution >= 0.6 is 0 Å². The van der Waals surface area contributed by atoms with Crippen LogP contribution in [-0.2, 0) is 9.53 Å². The van der Waals surface area contributed by atoms with Gasteiger partial charge in [0.15, 0.2) is 0 Å². The number of nitrogens with one attached hydrogen (secondary N) is 2. The number of methoxy groups -OCH3 is 1. The maximum Gasteiger partial charge on any atom is 0.253 e. The van der Waals surface area contributed by atoms with Crippen molar-refractivity contribution in [3.8, 4) is 5.75 Å². The van der Waals surface area contributed by atoms with Gasteiger partial charge in [0.05, 0.1) is 24.5 Å². The first-order chi connectivity index (χ1) is 16.0. The molecule has 176 valence electrons. The zero-order chi connectivity index (χ0) is 23.2. The molecule has 2 amide bonds. The number of hydrogen-bond acceptors (Lipinski definition) is 6. The molecule has 0 bridgehead atoms. The number of hydrogen-bond donors (Lipinski definition) is 2. The molecule has 2 saturated heterocycles. The Bertz CT molecular complexity index is 982. The zero-order valence-corrected chi connectivity index (χ0v) is 19.3. The molecule has 2 N–H and O–H groups in total. The van der Waals surface area contributed by atoms with Gasteiger partial charge in [-0.25, -0.2) is 0 Å². The summed E-state index contributed by atoms with van der Waals surface area (Å²) in [6, 6.07) is 13.6. The molecule has 8 nitrogen and oxygen atoms in total. The normalized spacial score (nSPS) is 18.2. The number of amides is 2. The molecule has 0 spiro atoms. The largest absolute Gasteiger partial charge is 0.495 e. The summed E-state index contributed by atoms with van der Waals surface area (Å²) in [6.45, 7) is 5.86. The second kappa shape index (κ2) is 10.6. The Morgan fingerprint density at radius 2 is 1.79 bits per heavy atom. The van der Waals surface area contributed by atoms with Gasteiger partial charge in [0.2, 0.25) is 5.91 Å². The Morgan fingerprint density at radius 3 is 2.45 bits per heavy atom. The Hall–Kier alpha value is -3.26. The van der Waals surface area contributed by atoms with Gasteiger partial charge in [-0.3, -0.25) is 9.59 Å². The predicted molar refractivity (Wildman–Crippen MR) is 129 cm³/mol. The number of anilines is 3. The minimum absolute atomic E-state index is 0.0697. The molecular formula is C25H32N4O4. The maximum absolute atomic E-state index is 13.1. The van der Waals surface area contributed by atoms with Crippen molar-refractivity contribution in [2.75, 3.05) is 61.6 Å². The van der Waals surface area contributed by atoms with Crippen molar-refractivity contribution in [3.05, 3.63) is 48.0 Å². The Labute approximate surface area is 194 Å². The molecule has 1 atom stereocenters. The van der Waals surface area contributed by atoms with Gasteiger partial charge in [-0.1, -0.05) is 12.1 Å². The van der Waals surface area contributed by atoms with E-state index in [1.807, 2.05) is 30.3 Å². The summed E-state index contributed by atoms with van der Waals surface area (Å²) in [5.41, 5.74) is 3.12.